The van der Waals surface area contributed by atoms with E-state index < -0.39 is 0 Å². The zero-order valence-electron chi connectivity index (χ0n) is 11.2. The lowest BCUT2D eigenvalue weighted by molar-refractivity contribution is -0.134. The maximum atomic E-state index is 11.3. The molecule has 0 aromatic carbocycles. The molecule has 1 aliphatic carbocycles. The number of rotatable bonds is 0. The van der Waals surface area contributed by atoms with E-state index in [2.05, 4.69) is 20.8 Å². The maximum Gasteiger partial charge on any atom is 0.219 e. The molecular weight excluding hydrogens is 198 g/mol. The van der Waals surface area contributed by atoms with Gasteiger partial charge in [0.1, 0.15) is 0 Å². The second-order valence-corrected chi connectivity index (χ2v) is 6.98. The lowest BCUT2D eigenvalue weighted by Gasteiger charge is -2.56. The molecule has 0 bridgehead atoms. The van der Waals surface area contributed by atoms with Gasteiger partial charge in [-0.1, -0.05) is 20.8 Å². The standard InChI is InChI=1S/C14H25NO/c1-11(16)15-7-5-14(6-8-15)9-12(10-14)13(2,3)4/h12H,5-10H2,1-4H3. The first kappa shape index (κ1) is 11.9. The quantitative estimate of drug-likeness (QED) is 0.618. The number of likely N-dealkylation sites (tertiary alicyclic amines) is 1. The van der Waals surface area contributed by atoms with Crippen molar-refractivity contribution >= 4 is 5.91 Å². The molecule has 1 saturated heterocycles. The first-order chi connectivity index (χ1) is 7.32. The number of hydrogen-bond donors (Lipinski definition) is 0. The Morgan fingerprint density at radius 3 is 2.06 bits per heavy atom. The van der Waals surface area contributed by atoms with Gasteiger partial charge in [0.15, 0.2) is 0 Å². The van der Waals surface area contributed by atoms with Crippen molar-refractivity contribution in [2.75, 3.05) is 13.1 Å². The van der Waals surface area contributed by atoms with Crippen LogP contribution in [0.4, 0.5) is 0 Å². The van der Waals surface area contributed by atoms with Crippen LogP contribution < -0.4 is 0 Å². The molecule has 0 unspecified atom stereocenters. The van der Waals surface area contributed by atoms with Crippen LogP contribution in [0.25, 0.3) is 0 Å². The Hall–Kier alpha value is -0.530. The highest BCUT2D eigenvalue weighted by Crippen LogP contribution is 2.57. The van der Waals surface area contributed by atoms with Gasteiger partial charge in [-0.25, -0.2) is 0 Å². The predicted molar refractivity (Wildman–Crippen MR) is 66.1 cm³/mol. The second kappa shape index (κ2) is 3.75. The van der Waals surface area contributed by atoms with Crippen molar-refractivity contribution in [3.05, 3.63) is 0 Å². The lowest BCUT2D eigenvalue weighted by Crippen LogP contribution is -2.50. The fourth-order valence-corrected chi connectivity index (χ4v) is 3.30. The summed E-state index contributed by atoms with van der Waals surface area (Å²) in [6.07, 6.45) is 5.25. The summed E-state index contributed by atoms with van der Waals surface area (Å²) >= 11 is 0. The molecule has 0 N–H and O–H groups in total. The van der Waals surface area contributed by atoms with Gasteiger partial charge in [0.2, 0.25) is 5.91 Å². The summed E-state index contributed by atoms with van der Waals surface area (Å²) in [5, 5.41) is 0. The first-order valence-electron chi connectivity index (χ1n) is 6.58. The Kier molecular flexibility index (Phi) is 2.80. The van der Waals surface area contributed by atoms with Crippen LogP contribution >= 0.6 is 0 Å². The molecule has 1 amide bonds. The van der Waals surface area contributed by atoms with Crippen LogP contribution in [-0.2, 0) is 4.79 Å². The molecule has 2 aliphatic rings. The topological polar surface area (TPSA) is 20.3 Å². The van der Waals surface area contributed by atoms with Crippen molar-refractivity contribution in [1.29, 1.82) is 0 Å². The van der Waals surface area contributed by atoms with Crippen molar-refractivity contribution in [3.8, 4) is 0 Å². The highest BCUT2D eigenvalue weighted by atomic mass is 16.2. The Bertz CT molecular complexity index is 274. The van der Waals surface area contributed by atoms with E-state index >= 15 is 0 Å². The maximum absolute atomic E-state index is 11.3. The van der Waals surface area contributed by atoms with Crippen LogP contribution in [0.2, 0.25) is 0 Å². The van der Waals surface area contributed by atoms with Gasteiger partial charge in [0, 0.05) is 20.0 Å². The SMILES string of the molecule is CC(=O)N1CCC2(CC1)CC(C(C)(C)C)C2. The molecule has 92 valence electrons. The molecule has 16 heavy (non-hydrogen) atoms. The minimum atomic E-state index is 0.251. The van der Waals surface area contributed by atoms with Gasteiger partial charge in [-0.2, -0.15) is 0 Å². The van der Waals surface area contributed by atoms with Crippen molar-refractivity contribution in [2.45, 2.75) is 53.4 Å². The average molecular weight is 223 g/mol. The van der Waals surface area contributed by atoms with Crippen LogP contribution in [0.3, 0.4) is 0 Å². The minimum absolute atomic E-state index is 0.251. The zero-order valence-corrected chi connectivity index (χ0v) is 11.2. The van der Waals surface area contributed by atoms with E-state index in [9.17, 15) is 4.79 Å². The van der Waals surface area contributed by atoms with E-state index in [1.807, 2.05) is 4.90 Å². The summed E-state index contributed by atoms with van der Waals surface area (Å²) in [6.45, 7) is 10.7. The Morgan fingerprint density at radius 1 is 1.19 bits per heavy atom. The molecule has 0 radical (unpaired) electrons. The summed E-state index contributed by atoms with van der Waals surface area (Å²) in [5.74, 6) is 1.15. The summed E-state index contributed by atoms with van der Waals surface area (Å²) in [6, 6.07) is 0. The van der Waals surface area contributed by atoms with E-state index in [4.69, 9.17) is 0 Å². The lowest BCUT2D eigenvalue weighted by atomic mass is 9.52. The van der Waals surface area contributed by atoms with Crippen LogP contribution in [0, 0.1) is 16.7 Å². The number of hydrogen-bond acceptors (Lipinski definition) is 1. The van der Waals surface area contributed by atoms with E-state index in [1.165, 1.54) is 25.7 Å². The molecule has 1 spiro atoms. The van der Waals surface area contributed by atoms with E-state index in [0.29, 0.717) is 10.8 Å². The van der Waals surface area contributed by atoms with Crippen molar-refractivity contribution < 1.29 is 4.79 Å². The van der Waals surface area contributed by atoms with Crippen LogP contribution in [0.15, 0.2) is 0 Å². The number of piperidine rings is 1. The normalized spacial score (nSPS) is 25.6. The Labute approximate surface area is 99.4 Å². The van der Waals surface area contributed by atoms with E-state index in [1.54, 1.807) is 6.92 Å². The van der Waals surface area contributed by atoms with Gasteiger partial charge in [-0.3, -0.25) is 4.79 Å². The Balaban J connectivity index is 1.85. The molecule has 0 aromatic heterocycles. The predicted octanol–water partition coefficient (Wildman–Crippen LogP) is 3.07. The summed E-state index contributed by atoms with van der Waals surface area (Å²) in [4.78, 5) is 13.3. The summed E-state index contributed by atoms with van der Waals surface area (Å²) < 4.78 is 0. The fourth-order valence-electron chi connectivity index (χ4n) is 3.30. The third kappa shape index (κ3) is 2.11. The number of nitrogens with zero attached hydrogens (tertiary/aromatic N) is 1. The smallest absolute Gasteiger partial charge is 0.219 e. The summed E-state index contributed by atoms with van der Waals surface area (Å²) in [7, 11) is 0. The highest BCUT2D eigenvalue weighted by Gasteiger charge is 2.49. The fraction of sp³-hybridized carbons (Fsp3) is 0.929. The van der Waals surface area contributed by atoms with Gasteiger partial charge < -0.3 is 4.90 Å². The van der Waals surface area contributed by atoms with Gasteiger partial charge in [0.25, 0.3) is 0 Å². The second-order valence-electron chi connectivity index (χ2n) is 6.98. The zero-order chi connectivity index (χ0) is 12.0. The van der Waals surface area contributed by atoms with Crippen molar-refractivity contribution in [1.82, 2.24) is 4.90 Å². The van der Waals surface area contributed by atoms with E-state index in [-0.39, 0.29) is 5.91 Å². The number of carbonyl (C=O) groups is 1. The largest absolute Gasteiger partial charge is 0.343 e. The molecule has 0 atom stereocenters. The van der Waals surface area contributed by atoms with Crippen molar-refractivity contribution in [3.63, 3.8) is 0 Å². The van der Waals surface area contributed by atoms with Crippen molar-refractivity contribution in [2.24, 2.45) is 16.7 Å². The van der Waals surface area contributed by atoms with Crippen LogP contribution in [-0.4, -0.2) is 23.9 Å². The van der Waals surface area contributed by atoms with Gasteiger partial charge >= 0.3 is 0 Å². The first-order valence-corrected chi connectivity index (χ1v) is 6.58. The number of amides is 1. The number of carbonyl (C=O) groups excluding carboxylic acids is 1. The van der Waals surface area contributed by atoms with Gasteiger partial charge in [-0.05, 0) is 42.4 Å². The molecule has 1 aliphatic heterocycles. The molecule has 2 rings (SSSR count). The molecule has 1 heterocycles. The molecule has 2 fully saturated rings. The monoisotopic (exact) mass is 223 g/mol. The van der Waals surface area contributed by atoms with E-state index in [0.717, 1.165) is 19.0 Å². The molecule has 1 saturated carbocycles. The van der Waals surface area contributed by atoms with Gasteiger partial charge in [0.05, 0.1) is 0 Å². The molecular formula is C14H25NO. The van der Waals surface area contributed by atoms with Gasteiger partial charge in [-0.15, -0.1) is 0 Å². The van der Waals surface area contributed by atoms with Crippen LogP contribution in [0.1, 0.15) is 53.4 Å². The molecule has 0 aromatic rings. The van der Waals surface area contributed by atoms with Crippen LogP contribution in [0.5, 0.6) is 0 Å². The molecule has 2 nitrogen and oxygen atoms in total. The average Bonchev–Trinajstić information content (AvgIpc) is 2.12. The third-order valence-corrected chi connectivity index (χ3v) is 4.85. The minimum Gasteiger partial charge on any atom is -0.343 e. The third-order valence-electron chi connectivity index (χ3n) is 4.85. The highest BCUT2D eigenvalue weighted by molar-refractivity contribution is 5.73. The summed E-state index contributed by atoms with van der Waals surface area (Å²) in [5.41, 5.74) is 1.08. The molecule has 2 heteroatoms. The Morgan fingerprint density at radius 2 is 1.69 bits per heavy atom.